The minimum absolute atomic E-state index is 0.265. The number of hydrogen-bond acceptors (Lipinski definition) is 1. The molecule has 1 fully saturated rings. The molecule has 1 heteroatoms. The van der Waals surface area contributed by atoms with Crippen LogP contribution >= 0.6 is 0 Å². The van der Waals surface area contributed by atoms with Crippen LogP contribution < -0.4 is 0 Å². The van der Waals surface area contributed by atoms with Crippen LogP contribution in [0.3, 0.4) is 0 Å². The molecule has 0 unspecified atom stereocenters. The van der Waals surface area contributed by atoms with Crippen LogP contribution in [0.5, 0.6) is 0 Å². The van der Waals surface area contributed by atoms with Gasteiger partial charge in [-0.15, -0.1) is 6.58 Å². The van der Waals surface area contributed by atoms with Gasteiger partial charge < -0.3 is 0 Å². The molecule has 1 aliphatic rings. The topological polar surface area (TPSA) is 17.1 Å². The minimum Gasteiger partial charge on any atom is -0.294 e. The quantitative estimate of drug-likeness (QED) is 0.560. The van der Waals surface area contributed by atoms with Crippen LogP contribution in [0, 0.1) is 5.92 Å². The summed E-state index contributed by atoms with van der Waals surface area (Å²) in [7, 11) is 0. The fourth-order valence-electron chi connectivity index (χ4n) is 2.49. The van der Waals surface area contributed by atoms with Gasteiger partial charge in [0.15, 0.2) is 5.78 Å². The number of Topliss-reactive ketones (excluding diaryl/α,β-unsaturated/α-hetero) is 1. The van der Waals surface area contributed by atoms with E-state index < -0.39 is 0 Å². The van der Waals surface area contributed by atoms with E-state index in [1.807, 2.05) is 24.3 Å². The van der Waals surface area contributed by atoms with Gasteiger partial charge in [0.25, 0.3) is 0 Å². The molecule has 100 valence electrons. The fourth-order valence-corrected chi connectivity index (χ4v) is 2.49. The van der Waals surface area contributed by atoms with E-state index in [4.69, 9.17) is 0 Å². The lowest BCUT2D eigenvalue weighted by molar-refractivity contribution is -0.116. The molecular formula is C19H18O. The van der Waals surface area contributed by atoms with Gasteiger partial charge >= 0.3 is 0 Å². The fraction of sp³-hybridized carbons (Fsp3) is 0.211. The summed E-state index contributed by atoms with van der Waals surface area (Å²) in [5.74, 6) is 0.569. The number of benzene rings is 2. The maximum Gasteiger partial charge on any atom is 0.162 e. The number of carbonyl (C=O) groups excluding carboxylic acids is 1. The van der Waals surface area contributed by atoms with E-state index in [0.29, 0.717) is 12.2 Å². The van der Waals surface area contributed by atoms with E-state index in [0.717, 1.165) is 24.0 Å². The zero-order chi connectivity index (χ0) is 13.9. The third-order valence-electron chi connectivity index (χ3n) is 3.74. The summed E-state index contributed by atoms with van der Waals surface area (Å²) in [5, 5.41) is 2.43. The smallest absolute Gasteiger partial charge is 0.162 e. The van der Waals surface area contributed by atoms with Crippen molar-refractivity contribution in [3.8, 4) is 0 Å². The Hall–Kier alpha value is -2.15. The molecule has 0 bridgehead atoms. The number of allylic oxidation sites excluding steroid dienone is 2. The van der Waals surface area contributed by atoms with Gasteiger partial charge in [-0.3, -0.25) is 4.79 Å². The molecule has 0 amide bonds. The first kappa shape index (κ1) is 12.9. The normalized spacial score (nSPS) is 15.3. The van der Waals surface area contributed by atoms with Crippen molar-refractivity contribution in [2.24, 2.45) is 5.92 Å². The monoisotopic (exact) mass is 262 g/mol. The van der Waals surface area contributed by atoms with Crippen molar-refractivity contribution >= 4 is 22.6 Å². The highest BCUT2D eigenvalue weighted by Crippen LogP contribution is 2.33. The van der Waals surface area contributed by atoms with Gasteiger partial charge in [0, 0.05) is 5.92 Å². The number of ketones is 1. The number of carbonyl (C=O) groups is 1. The Balaban J connectivity index is 1.96. The summed E-state index contributed by atoms with van der Waals surface area (Å²) in [6.07, 6.45) is 6.58. The molecule has 0 N–H and O–H groups in total. The van der Waals surface area contributed by atoms with Crippen molar-refractivity contribution in [2.45, 2.75) is 19.3 Å². The minimum atomic E-state index is 0.265. The van der Waals surface area contributed by atoms with Gasteiger partial charge in [-0.2, -0.15) is 0 Å². The SMILES string of the molecule is C=CC/C(=C\c1ccc2ccccc2c1)C(=O)C1CC1. The first-order valence-corrected chi connectivity index (χ1v) is 7.12. The van der Waals surface area contributed by atoms with E-state index in [1.165, 1.54) is 10.8 Å². The van der Waals surface area contributed by atoms with Gasteiger partial charge in [-0.05, 0) is 53.3 Å². The summed E-state index contributed by atoms with van der Waals surface area (Å²) >= 11 is 0. The lowest BCUT2D eigenvalue weighted by Gasteiger charge is -2.04. The molecule has 3 rings (SSSR count). The molecule has 0 spiro atoms. The average molecular weight is 262 g/mol. The summed E-state index contributed by atoms with van der Waals surface area (Å²) in [6, 6.07) is 14.6. The van der Waals surface area contributed by atoms with E-state index in [-0.39, 0.29) is 5.92 Å². The summed E-state index contributed by atoms with van der Waals surface area (Å²) in [4.78, 5) is 12.2. The Morgan fingerprint density at radius 2 is 1.90 bits per heavy atom. The third kappa shape index (κ3) is 2.72. The number of rotatable bonds is 5. The van der Waals surface area contributed by atoms with Crippen molar-refractivity contribution < 1.29 is 4.79 Å². The molecule has 2 aromatic carbocycles. The maximum absolute atomic E-state index is 12.2. The third-order valence-corrected chi connectivity index (χ3v) is 3.74. The van der Waals surface area contributed by atoms with Crippen LogP contribution in [0.2, 0.25) is 0 Å². The van der Waals surface area contributed by atoms with Crippen molar-refractivity contribution in [2.75, 3.05) is 0 Å². The van der Waals surface area contributed by atoms with Crippen LogP contribution in [0.4, 0.5) is 0 Å². The van der Waals surface area contributed by atoms with Crippen molar-refractivity contribution in [3.63, 3.8) is 0 Å². The zero-order valence-corrected chi connectivity index (χ0v) is 11.5. The van der Waals surface area contributed by atoms with Crippen LogP contribution in [0.1, 0.15) is 24.8 Å². The van der Waals surface area contributed by atoms with Gasteiger partial charge in [-0.25, -0.2) is 0 Å². The molecule has 20 heavy (non-hydrogen) atoms. The highest BCUT2D eigenvalue weighted by molar-refractivity contribution is 6.02. The molecule has 0 saturated heterocycles. The van der Waals surface area contributed by atoms with Crippen LogP contribution in [-0.2, 0) is 4.79 Å². The maximum atomic E-state index is 12.2. The molecule has 0 radical (unpaired) electrons. The van der Waals surface area contributed by atoms with Crippen LogP contribution in [0.25, 0.3) is 16.8 Å². The van der Waals surface area contributed by atoms with Gasteiger partial charge in [-0.1, -0.05) is 42.5 Å². The first-order chi connectivity index (χ1) is 9.78. The van der Waals surface area contributed by atoms with Gasteiger partial charge in [0.1, 0.15) is 0 Å². The van der Waals surface area contributed by atoms with Gasteiger partial charge in [0.05, 0.1) is 0 Å². The second-order valence-electron chi connectivity index (χ2n) is 5.41. The Kier molecular flexibility index (Phi) is 3.51. The Bertz CT molecular complexity index is 690. The molecule has 2 aromatic rings. The summed E-state index contributed by atoms with van der Waals surface area (Å²) in [6.45, 7) is 3.76. The molecule has 1 aliphatic carbocycles. The second-order valence-corrected chi connectivity index (χ2v) is 5.41. The highest BCUT2D eigenvalue weighted by Gasteiger charge is 2.31. The van der Waals surface area contributed by atoms with E-state index in [2.05, 4.69) is 36.9 Å². The molecule has 0 atom stereocenters. The summed E-state index contributed by atoms with van der Waals surface area (Å²) < 4.78 is 0. The van der Waals surface area contributed by atoms with Crippen molar-refractivity contribution in [3.05, 3.63) is 66.3 Å². The first-order valence-electron chi connectivity index (χ1n) is 7.12. The molecule has 0 heterocycles. The lowest BCUT2D eigenvalue weighted by Crippen LogP contribution is -2.04. The van der Waals surface area contributed by atoms with Crippen molar-refractivity contribution in [1.29, 1.82) is 0 Å². The molecule has 1 saturated carbocycles. The lowest BCUT2D eigenvalue weighted by atomic mass is 9.99. The predicted molar refractivity (Wildman–Crippen MR) is 84.5 cm³/mol. The number of hydrogen-bond donors (Lipinski definition) is 0. The Labute approximate surface area is 119 Å². The van der Waals surface area contributed by atoms with Crippen LogP contribution in [-0.4, -0.2) is 5.78 Å². The van der Waals surface area contributed by atoms with E-state index >= 15 is 0 Å². The van der Waals surface area contributed by atoms with Crippen molar-refractivity contribution in [1.82, 2.24) is 0 Å². The molecular weight excluding hydrogens is 244 g/mol. The second kappa shape index (κ2) is 5.46. The Morgan fingerprint density at radius 3 is 2.60 bits per heavy atom. The molecule has 0 aromatic heterocycles. The van der Waals surface area contributed by atoms with Gasteiger partial charge in [0.2, 0.25) is 0 Å². The Morgan fingerprint density at radius 1 is 1.15 bits per heavy atom. The molecule has 0 aliphatic heterocycles. The number of fused-ring (bicyclic) bond motifs is 1. The highest BCUT2D eigenvalue weighted by atomic mass is 16.1. The predicted octanol–water partition coefficient (Wildman–Crippen LogP) is 4.78. The largest absolute Gasteiger partial charge is 0.294 e. The average Bonchev–Trinajstić information content (AvgIpc) is 3.30. The van der Waals surface area contributed by atoms with Crippen LogP contribution in [0.15, 0.2) is 60.7 Å². The van der Waals surface area contributed by atoms with E-state index in [9.17, 15) is 4.79 Å². The zero-order valence-electron chi connectivity index (χ0n) is 11.5. The van der Waals surface area contributed by atoms with E-state index in [1.54, 1.807) is 0 Å². The summed E-state index contributed by atoms with van der Waals surface area (Å²) in [5.41, 5.74) is 1.98. The molecule has 1 nitrogen and oxygen atoms in total. The standard InChI is InChI=1S/C19H18O/c1-2-5-18(19(20)16-10-11-16)13-14-8-9-15-6-3-4-7-17(15)12-14/h2-4,6-9,12-13,16H,1,5,10-11H2/b18-13+.